The van der Waals surface area contributed by atoms with Gasteiger partial charge in [0.1, 0.15) is 0 Å². The predicted molar refractivity (Wildman–Crippen MR) is 111 cm³/mol. The van der Waals surface area contributed by atoms with Gasteiger partial charge in [-0.3, -0.25) is 5.14 Å². The first-order chi connectivity index (χ1) is 12.7. The van der Waals surface area contributed by atoms with Crippen LogP contribution in [0.25, 0.3) is 16.5 Å². The minimum absolute atomic E-state index is 0.109. The highest BCUT2D eigenvalue weighted by Crippen LogP contribution is 2.43. The van der Waals surface area contributed by atoms with Gasteiger partial charge in [0.25, 0.3) is 0 Å². The Kier molecular flexibility index (Phi) is 6.50. The molecule has 0 saturated heterocycles. The van der Waals surface area contributed by atoms with E-state index in [0.29, 0.717) is 11.9 Å². The number of fused-ring (bicyclic) bond motifs is 1. The van der Waals surface area contributed by atoms with Crippen LogP contribution in [-0.2, 0) is 17.5 Å². The van der Waals surface area contributed by atoms with Gasteiger partial charge in [-0.15, -0.1) is 0 Å². The van der Waals surface area contributed by atoms with Gasteiger partial charge in [-0.1, -0.05) is 45.1 Å². The van der Waals surface area contributed by atoms with Gasteiger partial charge in [0.15, 0.2) is 0 Å². The Hall–Kier alpha value is -1.60. The number of halogens is 3. The average molecular weight is 415 g/mol. The lowest BCUT2D eigenvalue weighted by Crippen LogP contribution is -2.28. The van der Waals surface area contributed by atoms with Crippen molar-refractivity contribution in [3.05, 3.63) is 42.1 Å². The second-order valence-electron chi connectivity index (χ2n) is 8.75. The summed E-state index contributed by atoms with van der Waals surface area (Å²) in [6.45, 7) is 14.0. The summed E-state index contributed by atoms with van der Waals surface area (Å²) in [7, 11) is -1.81. The highest BCUT2D eigenvalue weighted by Gasteiger charge is 2.43. The van der Waals surface area contributed by atoms with Crippen LogP contribution >= 0.6 is 0 Å². The quantitative estimate of drug-likeness (QED) is 0.641. The predicted octanol–water partition coefficient (Wildman–Crippen LogP) is 5.77. The minimum Gasteiger partial charge on any atom is -0.347 e. The number of nitrogens with two attached hydrogens (primary N) is 1. The van der Waals surface area contributed by atoms with Crippen LogP contribution in [-0.4, -0.2) is 20.2 Å². The zero-order valence-corrected chi connectivity index (χ0v) is 17.9. The van der Waals surface area contributed by atoms with E-state index in [4.69, 9.17) is 5.14 Å². The van der Waals surface area contributed by atoms with Gasteiger partial charge >= 0.3 is 6.18 Å². The molecule has 0 spiro atoms. The molecule has 1 heterocycles. The molecule has 28 heavy (non-hydrogen) atoms. The number of hydrogen-bond acceptors (Lipinski definition) is 1. The van der Waals surface area contributed by atoms with Crippen LogP contribution in [0.15, 0.2) is 31.0 Å². The molecule has 2 N–H and O–H groups in total. The molecular weight excluding hydrogens is 385 g/mol. The van der Waals surface area contributed by atoms with Crippen molar-refractivity contribution in [2.75, 3.05) is 0 Å². The molecule has 3 atom stereocenters. The maximum Gasteiger partial charge on any atom is 0.395 e. The molecule has 3 nitrogen and oxygen atoms in total. The number of nitrogens with zero attached hydrogens (tertiary/aromatic N) is 1. The topological polar surface area (TPSA) is 48.0 Å². The van der Waals surface area contributed by atoms with Crippen molar-refractivity contribution in [2.24, 2.45) is 10.6 Å². The summed E-state index contributed by atoms with van der Waals surface area (Å²) in [5.74, 6) is -1.73. The summed E-state index contributed by atoms with van der Waals surface area (Å²) in [5.41, 5.74) is 2.60. The highest BCUT2D eigenvalue weighted by atomic mass is 32.2. The molecule has 0 aliphatic rings. The van der Waals surface area contributed by atoms with Crippen molar-refractivity contribution in [3.63, 3.8) is 0 Å². The Morgan fingerprint density at radius 1 is 1.29 bits per heavy atom. The molecule has 1 aromatic heterocycles. The van der Waals surface area contributed by atoms with Crippen LogP contribution < -0.4 is 5.14 Å². The SMILES string of the molecule is C=C(C)c1ccc2c([C@H](CC(C)S(N)=O)C(F)(F)F)cn(CC(C)(C)C)c2c1. The number of hydrogen-bond donors (Lipinski definition) is 1. The third-order valence-electron chi connectivity index (χ3n) is 4.79. The molecule has 0 amide bonds. The normalized spacial score (nSPS) is 16.2. The van der Waals surface area contributed by atoms with E-state index in [1.165, 1.54) is 6.92 Å². The second kappa shape index (κ2) is 8.03. The van der Waals surface area contributed by atoms with Crippen molar-refractivity contribution in [2.45, 2.75) is 64.9 Å². The van der Waals surface area contributed by atoms with Gasteiger partial charge in [-0.05, 0) is 42.9 Å². The lowest BCUT2D eigenvalue weighted by molar-refractivity contribution is -0.151. The Bertz CT molecular complexity index is 893. The minimum atomic E-state index is -4.46. The number of alkyl halides is 3. The van der Waals surface area contributed by atoms with Crippen LogP contribution in [0.3, 0.4) is 0 Å². The average Bonchev–Trinajstić information content (AvgIpc) is 2.86. The molecule has 0 fully saturated rings. The summed E-state index contributed by atoms with van der Waals surface area (Å²) in [5, 5.41) is 5.15. The van der Waals surface area contributed by atoms with E-state index in [1.807, 2.05) is 38.3 Å². The molecule has 7 heteroatoms. The van der Waals surface area contributed by atoms with Crippen molar-refractivity contribution in [1.82, 2.24) is 4.57 Å². The van der Waals surface area contributed by atoms with Crippen LogP contribution in [0, 0.1) is 5.41 Å². The van der Waals surface area contributed by atoms with Crippen molar-refractivity contribution < 1.29 is 17.4 Å². The zero-order chi connectivity index (χ0) is 21.4. The zero-order valence-electron chi connectivity index (χ0n) is 17.1. The van der Waals surface area contributed by atoms with E-state index < -0.39 is 28.3 Å². The highest BCUT2D eigenvalue weighted by molar-refractivity contribution is 7.83. The third-order valence-corrected chi connectivity index (χ3v) is 5.77. The van der Waals surface area contributed by atoms with Crippen molar-refractivity contribution >= 4 is 27.5 Å². The van der Waals surface area contributed by atoms with Crippen molar-refractivity contribution in [3.8, 4) is 0 Å². The molecule has 0 bridgehead atoms. The summed E-state index contributed by atoms with van der Waals surface area (Å²) in [6.07, 6.45) is -3.17. The third kappa shape index (κ3) is 5.26. The number of aromatic nitrogens is 1. The standard InChI is InChI=1S/C21H29F3N2OS/c1-13(2)15-7-8-16-17(11-26(19(16)10-15)12-20(4,5)6)18(21(22,23)24)9-14(3)28(25)27/h7-8,10-11,14,18H,1,9,12,25H2,2-6H3/t14?,18-,28?/m0/s1. The first kappa shape index (κ1) is 22.7. The van der Waals surface area contributed by atoms with E-state index in [0.717, 1.165) is 16.7 Å². The van der Waals surface area contributed by atoms with Gasteiger partial charge in [-0.2, -0.15) is 13.2 Å². The lowest BCUT2D eigenvalue weighted by atomic mass is 9.92. The Balaban J connectivity index is 2.70. The van der Waals surface area contributed by atoms with Crippen LogP contribution in [0.2, 0.25) is 0 Å². The maximum absolute atomic E-state index is 13.9. The first-order valence-corrected chi connectivity index (χ1v) is 10.5. The first-order valence-electron chi connectivity index (χ1n) is 9.21. The summed E-state index contributed by atoms with van der Waals surface area (Å²) in [6, 6.07) is 5.43. The molecule has 156 valence electrons. The Morgan fingerprint density at radius 3 is 2.36 bits per heavy atom. The monoisotopic (exact) mass is 414 g/mol. The number of allylic oxidation sites excluding steroid dienone is 1. The van der Waals surface area contributed by atoms with Gasteiger partial charge in [0.05, 0.1) is 16.9 Å². The molecule has 2 rings (SSSR count). The Morgan fingerprint density at radius 2 is 1.89 bits per heavy atom. The molecular formula is C21H29F3N2OS. The van der Waals surface area contributed by atoms with Gasteiger partial charge in [-0.25, -0.2) is 4.21 Å². The summed E-state index contributed by atoms with van der Waals surface area (Å²) >= 11 is 0. The van der Waals surface area contributed by atoms with Gasteiger partial charge < -0.3 is 4.57 Å². The molecule has 0 aliphatic carbocycles. The molecule has 0 saturated carbocycles. The lowest BCUT2D eigenvalue weighted by Gasteiger charge is -2.22. The van der Waals surface area contributed by atoms with Crippen LogP contribution in [0.1, 0.15) is 58.1 Å². The van der Waals surface area contributed by atoms with Crippen molar-refractivity contribution in [1.29, 1.82) is 0 Å². The maximum atomic E-state index is 13.9. The van der Waals surface area contributed by atoms with E-state index in [1.54, 1.807) is 18.3 Å². The summed E-state index contributed by atoms with van der Waals surface area (Å²) < 4.78 is 55.3. The smallest absolute Gasteiger partial charge is 0.347 e. The van der Waals surface area contributed by atoms with Gasteiger partial charge in [0, 0.05) is 28.9 Å². The Labute approximate surface area is 167 Å². The van der Waals surface area contributed by atoms with E-state index in [9.17, 15) is 17.4 Å². The molecule has 0 aliphatic heterocycles. The van der Waals surface area contributed by atoms with Crippen LogP contribution in [0.5, 0.6) is 0 Å². The van der Waals surface area contributed by atoms with E-state index in [2.05, 4.69) is 6.58 Å². The summed E-state index contributed by atoms with van der Waals surface area (Å²) in [4.78, 5) is 0. The fourth-order valence-corrected chi connectivity index (χ4v) is 3.75. The number of rotatable bonds is 6. The molecule has 1 aromatic carbocycles. The van der Waals surface area contributed by atoms with E-state index in [-0.39, 0.29) is 17.4 Å². The molecule has 2 aromatic rings. The number of benzene rings is 1. The van der Waals surface area contributed by atoms with Crippen LogP contribution in [0.4, 0.5) is 13.2 Å². The molecule has 2 unspecified atom stereocenters. The fourth-order valence-electron chi connectivity index (χ4n) is 3.37. The van der Waals surface area contributed by atoms with Gasteiger partial charge in [0.2, 0.25) is 0 Å². The molecule has 0 radical (unpaired) electrons. The fraction of sp³-hybridized carbons (Fsp3) is 0.524. The second-order valence-corrected chi connectivity index (χ2v) is 10.2. The van der Waals surface area contributed by atoms with E-state index >= 15 is 0 Å². The largest absolute Gasteiger partial charge is 0.395 e.